The molecule has 0 aliphatic carbocycles. The lowest BCUT2D eigenvalue weighted by Crippen LogP contribution is -2.47. The maximum absolute atomic E-state index is 11.9. The van der Waals surface area contributed by atoms with Crippen LogP contribution in [0.1, 0.15) is 27.7 Å². The van der Waals surface area contributed by atoms with Gasteiger partial charge in [0, 0.05) is 5.54 Å². The van der Waals surface area contributed by atoms with Gasteiger partial charge in [0.25, 0.3) is 0 Å². The van der Waals surface area contributed by atoms with Crippen LogP contribution in [0.25, 0.3) is 0 Å². The third-order valence-corrected chi connectivity index (χ3v) is 2.28. The summed E-state index contributed by atoms with van der Waals surface area (Å²) in [6.45, 7) is 7.45. The highest BCUT2D eigenvalue weighted by atomic mass is 35.5. The second kappa shape index (κ2) is 5.39. The molecule has 0 aromatic carbocycles. The lowest BCUT2D eigenvalue weighted by molar-refractivity contribution is -0.122. The fourth-order valence-electron chi connectivity index (χ4n) is 1.23. The number of carbonyl (C=O) groups excluding carboxylic acids is 1. The van der Waals surface area contributed by atoms with Crippen molar-refractivity contribution in [1.82, 2.24) is 15.3 Å². The summed E-state index contributed by atoms with van der Waals surface area (Å²) in [5, 5.41) is 6.07. The molecule has 7 heteroatoms. The largest absolute Gasteiger partial charge is 0.368 e. The van der Waals surface area contributed by atoms with Crippen molar-refractivity contribution in [2.24, 2.45) is 0 Å². The van der Waals surface area contributed by atoms with Crippen LogP contribution in [0.4, 0.5) is 11.8 Å². The first-order chi connectivity index (χ1) is 8.19. The fourth-order valence-corrected chi connectivity index (χ4v) is 1.38. The molecular formula is C11H18ClN5O. The normalized spacial score (nSPS) is 12.9. The summed E-state index contributed by atoms with van der Waals surface area (Å²) in [5.74, 6) is 0.307. The molecule has 0 saturated carbocycles. The van der Waals surface area contributed by atoms with E-state index in [2.05, 4.69) is 20.6 Å². The quantitative estimate of drug-likeness (QED) is 0.773. The Hall–Kier alpha value is -1.56. The SMILES string of the molecule is CC(Nc1nc(N)ncc1Cl)C(=O)NC(C)(C)C. The number of carbonyl (C=O) groups is 1. The zero-order chi connectivity index (χ0) is 13.9. The van der Waals surface area contributed by atoms with Crippen LogP contribution in [0.3, 0.4) is 0 Å². The molecule has 1 atom stereocenters. The average Bonchev–Trinajstić information content (AvgIpc) is 2.21. The minimum absolute atomic E-state index is 0.102. The molecule has 0 bridgehead atoms. The predicted molar refractivity (Wildman–Crippen MR) is 72.4 cm³/mol. The lowest BCUT2D eigenvalue weighted by Gasteiger charge is -2.24. The van der Waals surface area contributed by atoms with Crippen molar-refractivity contribution in [1.29, 1.82) is 0 Å². The van der Waals surface area contributed by atoms with Gasteiger partial charge in [-0.25, -0.2) is 4.98 Å². The van der Waals surface area contributed by atoms with E-state index in [0.29, 0.717) is 10.8 Å². The molecule has 0 radical (unpaired) electrons. The number of nitrogens with one attached hydrogen (secondary N) is 2. The number of nitrogen functional groups attached to an aromatic ring is 1. The molecule has 6 nitrogen and oxygen atoms in total. The second-order valence-electron chi connectivity index (χ2n) is 5.03. The Balaban J connectivity index is 2.72. The average molecular weight is 272 g/mol. The number of aromatic nitrogens is 2. The van der Waals surface area contributed by atoms with Crippen LogP contribution in [0.15, 0.2) is 6.20 Å². The number of hydrogen-bond donors (Lipinski definition) is 3. The van der Waals surface area contributed by atoms with Crippen LogP contribution in [0.2, 0.25) is 5.02 Å². The third-order valence-electron chi connectivity index (χ3n) is 2.01. The molecule has 1 unspecified atom stereocenters. The van der Waals surface area contributed by atoms with Gasteiger partial charge in [-0.05, 0) is 27.7 Å². The Morgan fingerprint density at radius 3 is 2.67 bits per heavy atom. The van der Waals surface area contributed by atoms with Gasteiger partial charge in [-0.1, -0.05) is 11.6 Å². The molecule has 4 N–H and O–H groups in total. The molecule has 0 aliphatic heterocycles. The van der Waals surface area contributed by atoms with E-state index in [1.165, 1.54) is 6.20 Å². The molecule has 18 heavy (non-hydrogen) atoms. The number of halogens is 1. The van der Waals surface area contributed by atoms with E-state index in [1.807, 2.05) is 20.8 Å². The van der Waals surface area contributed by atoms with E-state index >= 15 is 0 Å². The fraction of sp³-hybridized carbons (Fsp3) is 0.545. The van der Waals surface area contributed by atoms with Gasteiger partial charge in [0.2, 0.25) is 11.9 Å². The summed E-state index contributed by atoms with van der Waals surface area (Å²) in [6.07, 6.45) is 1.39. The number of hydrogen-bond acceptors (Lipinski definition) is 5. The molecule has 100 valence electrons. The Bertz CT molecular complexity index is 444. The summed E-state index contributed by atoms with van der Waals surface area (Å²) in [5.41, 5.74) is 5.17. The van der Waals surface area contributed by atoms with Gasteiger partial charge in [0.1, 0.15) is 11.1 Å². The summed E-state index contributed by atoms with van der Waals surface area (Å²) in [4.78, 5) is 19.5. The van der Waals surface area contributed by atoms with Crippen LogP contribution >= 0.6 is 11.6 Å². The summed E-state index contributed by atoms with van der Waals surface area (Å²) in [7, 11) is 0. The van der Waals surface area contributed by atoms with Crippen LogP contribution in [0, 0.1) is 0 Å². The van der Waals surface area contributed by atoms with Gasteiger partial charge < -0.3 is 16.4 Å². The molecule has 1 aromatic heterocycles. The minimum atomic E-state index is -0.476. The molecule has 1 heterocycles. The van der Waals surface area contributed by atoms with E-state index in [4.69, 9.17) is 17.3 Å². The van der Waals surface area contributed by atoms with Crippen LogP contribution in [0.5, 0.6) is 0 Å². The van der Waals surface area contributed by atoms with Crippen LogP contribution < -0.4 is 16.4 Å². The highest BCUT2D eigenvalue weighted by molar-refractivity contribution is 6.32. The summed E-state index contributed by atoms with van der Waals surface area (Å²) in [6, 6.07) is -0.476. The first-order valence-electron chi connectivity index (χ1n) is 5.55. The van der Waals surface area contributed by atoms with Gasteiger partial charge in [-0.15, -0.1) is 0 Å². The van der Waals surface area contributed by atoms with Gasteiger partial charge in [-0.2, -0.15) is 4.98 Å². The first kappa shape index (κ1) is 14.5. The molecule has 0 saturated heterocycles. The minimum Gasteiger partial charge on any atom is -0.368 e. The van der Waals surface area contributed by atoms with Crippen molar-refractivity contribution in [3.8, 4) is 0 Å². The standard InChI is InChI=1S/C11H18ClN5O/c1-6(9(18)17-11(2,3)4)15-8-7(12)5-14-10(13)16-8/h5-6H,1-4H3,(H,17,18)(H3,13,14,15,16). The summed E-state index contributed by atoms with van der Waals surface area (Å²) < 4.78 is 0. The predicted octanol–water partition coefficient (Wildman–Crippen LogP) is 1.43. The van der Waals surface area contributed by atoms with E-state index in [9.17, 15) is 4.79 Å². The molecular weight excluding hydrogens is 254 g/mol. The first-order valence-corrected chi connectivity index (χ1v) is 5.93. The maximum atomic E-state index is 11.9. The number of anilines is 2. The van der Waals surface area contributed by atoms with E-state index in [-0.39, 0.29) is 17.4 Å². The highest BCUT2D eigenvalue weighted by Crippen LogP contribution is 2.19. The monoisotopic (exact) mass is 271 g/mol. The molecule has 0 fully saturated rings. The molecule has 0 aliphatic rings. The Morgan fingerprint density at radius 1 is 1.50 bits per heavy atom. The van der Waals surface area contributed by atoms with Crippen molar-refractivity contribution in [2.45, 2.75) is 39.3 Å². The number of amides is 1. The Kier molecular flexibility index (Phi) is 4.34. The number of rotatable bonds is 3. The van der Waals surface area contributed by atoms with E-state index in [1.54, 1.807) is 6.92 Å². The van der Waals surface area contributed by atoms with Crippen molar-refractivity contribution in [3.63, 3.8) is 0 Å². The van der Waals surface area contributed by atoms with Gasteiger partial charge in [0.15, 0.2) is 5.82 Å². The Labute approximate surface area is 111 Å². The van der Waals surface area contributed by atoms with Gasteiger partial charge >= 0.3 is 0 Å². The van der Waals surface area contributed by atoms with Crippen molar-refractivity contribution >= 4 is 29.3 Å². The molecule has 0 spiro atoms. The molecule has 1 aromatic rings. The highest BCUT2D eigenvalue weighted by Gasteiger charge is 2.20. The van der Waals surface area contributed by atoms with Crippen molar-refractivity contribution in [2.75, 3.05) is 11.1 Å². The number of nitrogens with zero attached hydrogens (tertiary/aromatic N) is 2. The van der Waals surface area contributed by atoms with E-state index in [0.717, 1.165) is 0 Å². The number of nitrogens with two attached hydrogens (primary N) is 1. The van der Waals surface area contributed by atoms with Crippen molar-refractivity contribution < 1.29 is 4.79 Å². The zero-order valence-corrected chi connectivity index (χ0v) is 11.7. The van der Waals surface area contributed by atoms with Gasteiger partial charge in [0.05, 0.1) is 6.20 Å². The Morgan fingerprint density at radius 2 is 2.11 bits per heavy atom. The second-order valence-corrected chi connectivity index (χ2v) is 5.44. The summed E-state index contributed by atoms with van der Waals surface area (Å²) >= 11 is 5.90. The smallest absolute Gasteiger partial charge is 0.242 e. The molecule has 1 rings (SSSR count). The van der Waals surface area contributed by atoms with Gasteiger partial charge in [-0.3, -0.25) is 4.79 Å². The maximum Gasteiger partial charge on any atom is 0.242 e. The topological polar surface area (TPSA) is 92.9 Å². The van der Waals surface area contributed by atoms with Crippen LogP contribution in [-0.4, -0.2) is 27.5 Å². The van der Waals surface area contributed by atoms with Crippen LogP contribution in [-0.2, 0) is 4.79 Å². The zero-order valence-electron chi connectivity index (χ0n) is 10.9. The lowest BCUT2D eigenvalue weighted by atomic mass is 10.1. The molecule has 1 amide bonds. The van der Waals surface area contributed by atoms with Crippen molar-refractivity contribution in [3.05, 3.63) is 11.2 Å². The van der Waals surface area contributed by atoms with E-state index < -0.39 is 6.04 Å². The third kappa shape index (κ3) is 4.37.